The third-order valence-corrected chi connectivity index (χ3v) is 4.54. The molecule has 2 unspecified atom stereocenters. The normalized spacial score (nSPS) is 13.1. The van der Waals surface area contributed by atoms with E-state index >= 15 is 0 Å². The van der Waals surface area contributed by atoms with E-state index in [-0.39, 0.29) is 42.8 Å². The Morgan fingerprint density at radius 2 is 1.04 bits per heavy atom. The van der Waals surface area contributed by atoms with Gasteiger partial charge in [-0.3, -0.25) is 14.4 Å². The molecule has 0 aliphatic heterocycles. The number of Topliss-reactive ketones (excluding diaryl/α,β-unsaturated/α-hetero) is 1. The van der Waals surface area contributed by atoms with Gasteiger partial charge in [-0.2, -0.15) is 0 Å². The van der Waals surface area contributed by atoms with Gasteiger partial charge in [-0.1, -0.05) is 79.1 Å². The summed E-state index contributed by atoms with van der Waals surface area (Å²) in [4.78, 5) is 35.4. The molecule has 0 spiro atoms. The van der Waals surface area contributed by atoms with E-state index < -0.39 is 0 Å². The summed E-state index contributed by atoms with van der Waals surface area (Å²) in [5, 5.41) is 0. The summed E-state index contributed by atoms with van der Waals surface area (Å²) in [6.07, 6.45) is 10.4. The van der Waals surface area contributed by atoms with Gasteiger partial charge in [0.1, 0.15) is 0 Å². The first kappa shape index (κ1) is 24.6. The molecule has 0 bridgehead atoms. The SMILES string of the molecule is CCCCCCC(C)C(=O)OCC(=O)COC(=O)C(C)CCCCCC. The second kappa shape index (κ2) is 15.8. The minimum atomic E-state index is -0.386. The van der Waals surface area contributed by atoms with Gasteiger partial charge in [-0.05, 0) is 12.8 Å². The fraction of sp³-hybridized carbons (Fsp3) is 0.857. The summed E-state index contributed by atoms with van der Waals surface area (Å²) in [5.41, 5.74) is 0. The van der Waals surface area contributed by atoms with Crippen molar-refractivity contribution in [1.82, 2.24) is 0 Å². The van der Waals surface area contributed by atoms with Gasteiger partial charge in [0.2, 0.25) is 5.78 Å². The maximum absolute atomic E-state index is 11.8. The van der Waals surface area contributed by atoms with Crippen molar-refractivity contribution in [2.24, 2.45) is 11.8 Å². The van der Waals surface area contributed by atoms with Crippen LogP contribution in [0.4, 0.5) is 0 Å². The molecule has 26 heavy (non-hydrogen) atoms. The van der Waals surface area contributed by atoms with Crippen LogP contribution in [0.3, 0.4) is 0 Å². The summed E-state index contributed by atoms with van der Waals surface area (Å²) in [6, 6.07) is 0. The van der Waals surface area contributed by atoms with Crippen LogP contribution in [0.15, 0.2) is 0 Å². The van der Waals surface area contributed by atoms with E-state index in [1.54, 1.807) is 0 Å². The molecule has 0 aromatic heterocycles. The monoisotopic (exact) mass is 370 g/mol. The molecule has 0 N–H and O–H groups in total. The molecule has 0 aromatic carbocycles. The highest BCUT2D eigenvalue weighted by atomic mass is 16.6. The number of carbonyl (C=O) groups excluding carboxylic acids is 3. The number of hydrogen-bond donors (Lipinski definition) is 0. The number of esters is 2. The quantitative estimate of drug-likeness (QED) is 0.287. The van der Waals surface area contributed by atoms with Crippen LogP contribution >= 0.6 is 0 Å². The molecule has 5 heteroatoms. The van der Waals surface area contributed by atoms with Crippen molar-refractivity contribution in [1.29, 1.82) is 0 Å². The van der Waals surface area contributed by atoms with Gasteiger partial charge in [-0.25, -0.2) is 0 Å². The number of rotatable bonds is 16. The number of unbranched alkanes of at least 4 members (excludes halogenated alkanes) is 6. The lowest BCUT2D eigenvalue weighted by Crippen LogP contribution is -2.25. The third-order valence-electron chi connectivity index (χ3n) is 4.54. The Hall–Kier alpha value is -1.39. The zero-order chi connectivity index (χ0) is 19.8. The van der Waals surface area contributed by atoms with Crippen LogP contribution in [0.2, 0.25) is 0 Å². The highest BCUT2D eigenvalue weighted by Gasteiger charge is 2.18. The van der Waals surface area contributed by atoms with Gasteiger partial charge in [-0.15, -0.1) is 0 Å². The Balaban J connectivity index is 3.86. The topological polar surface area (TPSA) is 69.7 Å². The van der Waals surface area contributed by atoms with Crippen LogP contribution in [-0.2, 0) is 23.9 Å². The number of hydrogen-bond acceptors (Lipinski definition) is 5. The Morgan fingerprint density at radius 1 is 0.654 bits per heavy atom. The maximum Gasteiger partial charge on any atom is 0.309 e. The van der Waals surface area contributed by atoms with E-state index in [1.165, 1.54) is 12.8 Å². The highest BCUT2D eigenvalue weighted by Crippen LogP contribution is 2.13. The second-order valence-corrected chi connectivity index (χ2v) is 7.25. The molecule has 0 saturated carbocycles. The van der Waals surface area contributed by atoms with Crippen molar-refractivity contribution in [3.8, 4) is 0 Å². The Kier molecular flexibility index (Phi) is 15.0. The van der Waals surface area contributed by atoms with Crippen molar-refractivity contribution in [2.75, 3.05) is 13.2 Å². The van der Waals surface area contributed by atoms with E-state index in [1.807, 2.05) is 13.8 Å². The van der Waals surface area contributed by atoms with Crippen molar-refractivity contribution in [2.45, 2.75) is 91.9 Å². The predicted octanol–water partition coefficient (Wildman–Crippen LogP) is 4.85. The van der Waals surface area contributed by atoms with Gasteiger partial charge in [0.25, 0.3) is 0 Å². The molecule has 2 atom stereocenters. The molecule has 0 aliphatic carbocycles. The van der Waals surface area contributed by atoms with E-state index in [9.17, 15) is 14.4 Å². The minimum Gasteiger partial charge on any atom is -0.457 e. The second-order valence-electron chi connectivity index (χ2n) is 7.25. The third kappa shape index (κ3) is 12.9. The lowest BCUT2D eigenvalue weighted by Gasteiger charge is -2.12. The van der Waals surface area contributed by atoms with Crippen molar-refractivity contribution >= 4 is 17.7 Å². The van der Waals surface area contributed by atoms with Gasteiger partial charge in [0, 0.05) is 0 Å². The molecule has 5 nitrogen and oxygen atoms in total. The number of ketones is 1. The van der Waals surface area contributed by atoms with E-state index in [4.69, 9.17) is 9.47 Å². The maximum atomic E-state index is 11.8. The van der Waals surface area contributed by atoms with Gasteiger partial charge in [0.15, 0.2) is 13.2 Å². The first-order valence-corrected chi connectivity index (χ1v) is 10.3. The largest absolute Gasteiger partial charge is 0.457 e. The molecule has 0 aromatic rings. The van der Waals surface area contributed by atoms with Crippen molar-refractivity contribution in [3.63, 3.8) is 0 Å². The smallest absolute Gasteiger partial charge is 0.309 e. The van der Waals surface area contributed by atoms with Gasteiger partial charge < -0.3 is 9.47 Å². The molecule has 0 heterocycles. The van der Waals surface area contributed by atoms with E-state index in [2.05, 4.69) is 13.8 Å². The van der Waals surface area contributed by atoms with E-state index in [0.717, 1.165) is 51.4 Å². The van der Waals surface area contributed by atoms with Crippen LogP contribution < -0.4 is 0 Å². The van der Waals surface area contributed by atoms with Crippen LogP contribution in [0, 0.1) is 11.8 Å². The number of carbonyl (C=O) groups is 3. The van der Waals surface area contributed by atoms with Crippen molar-refractivity contribution < 1.29 is 23.9 Å². The predicted molar refractivity (Wildman–Crippen MR) is 103 cm³/mol. The fourth-order valence-electron chi connectivity index (χ4n) is 2.62. The van der Waals surface area contributed by atoms with Crippen molar-refractivity contribution in [3.05, 3.63) is 0 Å². The Labute approximate surface area is 159 Å². The summed E-state index contributed by atoms with van der Waals surface area (Å²) in [7, 11) is 0. The van der Waals surface area contributed by atoms with E-state index in [0.29, 0.717) is 0 Å². The first-order chi connectivity index (χ1) is 12.4. The minimum absolute atomic E-state index is 0.203. The number of ether oxygens (including phenoxy) is 2. The lowest BCUT2D eigenvalue weighted by atomic mass is 10.0. The molecule has 0 fully saturated rings. The van der Waals surface area contributed by atoms with Crippen LogP contribution in [0.1, 0.15) is 91.9 Å². The average Bonchev–Trinajstić information content (AvgIpc) is 2.64. The van der Waals surface area contributed by atoms with Gasteiger partial charge >= 0.3 is 11.9 Å². The van der Waals surface area contributed by atoms with Crippen LogP contribution in [0.25, 0.3) is 0 Å². The van der Waals surface area contributed by atoms with Gasteiger partial charge in [0.05, 0.1) is 11.8 Å². The molecule has 0 amide bonds. The molecule has 0 radical (unpaired) electrons. The fourth-order valence-corrected chi connectivity index (χ4v) is 2.62. The molecular formula is C21H38O5. The average molecular weight is 371 g/mol. The highest BCUT2D eigenvalue weighted by molar-refractivity contribution is 5.85. The summed E-state index contributed by atoms with van der Waals surface area (Å²) in [5.74, 6) is -1.50. The summed E-state index contributed by atoms with van der Waals surface area (Å²) >= 11 is 0. The molecule has 0 rings (SSSR count). The zero-order valence-electron chi connectivity index (χ0n) is 17.2. The summed E-state index contributed by atoms with van der Waals surface area (Å²) in [6.45, 7) is 7.28. The standard InChI is InChI=1S/C21H38O5/c1-5-7-9-11-13-17(3)20(23)25-15-19(22)16-26-21(24)18(4)14-12-10-8-6-2/h17-18H,5-16H2,1-4H3. The zero-order valence-corrected chi connectivity index (χ0v) is 17.2. The molecule has 0 saturated heterocycles. The summed E-state index contributed by atoms with van der Waals surface area (Å²) < 4.78 is 10.1. The first-order valence-electron chi connectivity index (χ1n) is 10.3. The van der Waals surface area contributed by atoms with Crippen LogP contribution in [0.5, 0.6) is 0 Å². The molecular weight excluding hydrogens is 332 g/mol. The molecule has 152 valence electrons. The Bertz CT molecular complexity index is 369. The van der Waals surface area contributed by atoms with Crippen LogP contribution in [-0.4, -0.2) is 30.9 Å². The Morgan fingerprint density at radius 3 is 1.38 bits per heavy atom. The lowest BCUT2D eigenvalue weighted by molar-refractivity contribution is -0.156. The molecule has 0 aliphatic rings.